The molecule has 2 N–H and O–H groups in total. The Hall–Kier alpha value is -1.75. The van der Waals surface area contributed by atoms with E-state index >= 15 is 0 Å². The Morgan fingerprint density at radius 1 is 1.47 bits per heavy atom. The first kappa shape index (κ1) is 13.3. The molecule has 0 saturated heterocycles. The van der Waals surface area contributed by atoms with Crippen molar-refractivity contribution in [2.45, 2.75) is 11.3 Å². The number of halogens is 3. The van der Waals surface area contributed by atoms with Crippen molar-refractivity contribution in [1.82, 2.24) is 9.97 Å². The number of alkyl halides is 3. The summed E-state index contributed by atoms with van der Waals surface area (Å²) in [6.07, 6.45) is -3.23. The third-order valence-corrected chi connectivity index (χ3v) is 2.47. The van der Waals surface area contributed by atoms with Gasteiger partial charge in [0.2, 0.25) is 0 Å². The Kier molecular flexibility index (Phi) is 3.96. The van der Waals surface area contributed by atoms with Gasteiger partial charge in [-0.05, 0) is 0 Å². The van der Waals surface area contributed by atoms with E-state index in [1.54, 1.807) is 0 Å². The van der Waals surface area contributed by atoms with Crippen LogP contribution in [-0.4, -0.2) is 15.7 Å². The van der Waals surface area contributed by atoms with Crippen LogP contribution in [0.2, 0.25) is 0 Å². The van der Waals surface area contributed by atoms with Crippen molar-refractivity contribution in [2.24, 2.45) is 0 Å². The summed E-state index contributed by atoms with van der Waals surface area (Å²) in [5, 5.41) is 8.47. The molecule has 0 saturated carbocycles. The van der Waals surface area contributed by atoms with E-state index in [1.807, 2.05) is 0 Å². The minimum Gasteiger partial charge on any atom is -0.382 e. The molecule has 0 radical (unpaired) electrons. The molecule has 0 fully saturated rings. The molecule has 0 aliphatic rings. The van der Waals surface area contributed by atoms with E-state index in [0.29, 0.717) is 5.75 Å². The number of anilines is 1. The number of nitrogens with two attached hydrogens (primary N) is 1. The van der Waals surface area contributed by atoms with Crippen molar-refractivity contribution in [3.8, 4) is 6.07 Å². The third kappa shape index (κ3) is 3.10. The maximum absolute atomic E-state index is 12.6. The highest BCUT2D eigenvalue weighted by Crippen LogP contribution is 2.33. The average molecular weight is 260 g/mol. The van der Waals surface area contributed by atoms with Gasteiger partial charge in [-0.15, -0.1) is 6.58 Å². The van der Waals surface area contributed by atoms with Gasteiger partial charge in [-0.3, -0.25) is 0 Å². The molecule has 8 heteroatoms. The van der Waals surface area contributed by atoms with Gasteiger partial charge in [0.05, 0.1) is 0 Å². The van der Waals surface area contributed by atoms with Crippen LogP contribution < -0.4 is 5.73 Å². The normalized spacial score (nSPS) is 10.9. The molecule has 0 amide bonds. The van der Waals surface area contributed by atoms with E-state index in [1.165, 1.54) is 12.1 Å². The summed E-state index contributed by atoms with van der Waals surface area (Å²) in [6, 6.07) is 1.35. The number of hydrogen-bond acceptors (Lipinski definition) is 5. The standard InChI is InChI=1S/C9H7F3N4S/c1-2-3-17-8-15-6(9(10,11)12)5(4-13)7(14)16-8/h2H,1,3H2,(H2,14,15,16). The minimum atomic E-state index is -4.73. The van der Waals surface area contributed by atoms with Crippen molar-refractivity contribution in [3.63, 3.8) is 0 Å². The molecule has 17 heavy (non-hydrogen) atoms. The quantitative estimate of drug-likeness (QED) is 0.512. The van der Waals surface area contributed by atoms with Crippen LogP contribution >= 0.6 is 11.8 Å². The summed E-state index contributed by atoms with van der Waals surface area (Å²) >= 11 is 0.954. The molecule has 4 nitrogen and oxygen atoms in total. The van der Waals surface area contributed by atoms with Crippen LogP contribution in [0.1, 0.15) is 11.3 Å². The predicted octanol–water partition coefficient (Wildman–Crippen LogP) is 2.23. The fourth-order valence-electron chi connectivity index (χ4n) is 0.970. The number of hydrogen-bond donors (Lipinski definition) is 1. The second-order valence-electron chi connectivity index (χ2n) is 2.82. The van der Waals surface area contributed by atoms with Crippen molar-refractivity contribution >= 4 is 17.6 Å². The number of nitrogens with zero attached hydrogens (tertiary/aromatic N) is 3. The lowest BCUT2D eigenvalue weighted by atomic mass is 10.2. The number of nitriles is 1. The zero-order valence-electron chi connectivity index (χ0n) is 8.45. The SMILES string of the molecule is C=CCSc1nc(N)c(C#N)c(C(F)(F)F)n1. The highest BCUT2D eigenvalue weighted by molar-refractivity contribution is 7.99. The summed E-state index contributed by atoms with van der Waals surface area (Å²) in [5.74, 6) is -0.121. The molecule has 0 aliphatic carbocycles. The van der Waals surface area contributed by atoms with Crippen LogP contribution in [0.4, 0.5) is 19.0 Å². The molecular formula is C9H7F3N4S. The fourth-order valence-corrected chi connectivity index (χ4v) is 1.56. The molecule has 0 unspecified atom stereocenters. The number of rotatable bonds is 3. The van der Waals surface area contributed by atoms with E-state index in [4.69, 9.17) is 11.0 Å². The van der Waals surface area contributed by atoms with Crippen molar-refractivity contribution in [2.75, 3.05) is 11.5 Å². The molecule has 1 aromatic heterocycles. The maximum atomic E-state index is 12.6. The van der Waals surface area contributed by atoms with E-state index < -0.39 is 23.3 Å². The first-order chi connectivity index (χ1) is 7.90. The van der Waals surface area contributed by atoms with Gasteiger partial charge < -0.3 is 5.73 Å². The summed E-state index contributed by atoms with van der Waals surface area (Å²) < 4.78 is 37.8. The van der Waals surface area contributed by atoms with Crippen molar-refractivity contribution in [3.05, 3.63) is 23.9 Å². The summed E-state index contributed by atoms with van der Waals surface area (Å²) in [7, 11) is 0. The van der Waals surface area contributed by atoms with E-state index in [0.717, 1.165) is 11.8 Å². The Labute approximate surface area is 99.4 Å². The average Bonchev–Trinajstić information content (AvgIpc) is 2.24. The topological polar surface area (TPSA) is 75.6 Å². The van der Waals surface area contributed by atoms with Crippen LogP contribution in [0.25, 0.3) is 0 Å². The molecule has 90 valence electrons. The second-order valence-corrected chi connectivity index (χ2v) is 3.81. The van der Waals surface area contributed by atoms with Gasteiger partial charge >= 0.3 is 6.18 Å². The van der Waals surface area contributed by atoms with Gasteiger partial charge in [0, 0.05) is 5.75 Å². The zero-order valence-corrected chi connectivity index (χ0v) is 9.27. The lowest BCUT2D eigenvalue weighted by Gasteiger charge is -2.10. The van der Waals surface area contributed by atoms with Crippen molar-refractivity contribution < 1.29 is 13.2 Å². The van der Waals surface area contributed by atoms with Crippen LogP contribution in [0.5, 0.6) is 0 Å². The Morgan fingerprint density at radius 3 is 2.59 bits per heavy atom. The van der Waals surface area contributed by atoms with Gasteiger partial charge in [0.25, 0.3) is 0 Å². The fraction of sp³-hybridized carbons (Fsp3) is 0.222. The third-order valence-electron chi connectivity index (χ3n) is 1.63. The number of thioether (sulfide) groups is 1. The number of aromatic nitrogens is 2. The minimum absolute atomic E-state index is 0.131. The summed E-state index contributed by atoms with van der Waals surface area (Å²) in [6.45, 7) is 3.42. The Morgan fingerprint density at radius 2 is 2.12 bits per heavy atom. The number of nitrogen functional groups attached to an aromatic ring is 1. The van der Waals surface area contributed by atoms with Gasteiger partial charge in [0.1, 0.15) is 17.5 Å². The van der Waals surface area contributed by atoms with Gasteiger partial charge in [-0.2, -0.15) is 18.4 Å². The molecule has 0 aromatic carbocycles. The van der Waals surface area contributed by atoms with E-state index in [-0.39, 0.29) is 5.16 Å². The predicted molar refractivity (Wildman–Crippen MR) is 57.1 cm³/mol. The van der Waals surface area contributed by atoms with Crippen LogP contribution in [0, 0.1) is 11.3 Å². The zero-order chi connectivity index (χ0) is 13.1. The molecule has 0 bridgehead atoms. The van der Waals surface area contributed by atoms with Crippen LogP contribution in [-0.2, 0) is 6.18 Å². The molecule has 1 aromatic rings. The molecule has 1 rings (SSSR count). The largest absolute Gasteiger partial charge is 0.434 e. The van der Waals surface area contributed by atoms with Crippen LogP contribution in [0.15, 0.2) is 17.8 Å². The molecule has 0 spiro atoms. The van der Waals surface area contributed by atoms with Gasteiger partial charge in [-0.25, -0.2) is 9.97 Å². The monoisotopic (exact) mass is 260 g/mol. The summed E-state index contributed by atoms with van der Waals surface area (Å²) in [5.41, 5.74) is 3.23. The van der Waals surface area contributed by atoms with Crippen LogP contribution in [0.3, 0.4) is 0 Å². The highest BCUT2D eigenvalue weighted by atomic mass is 32.2. The first-order valence-corrected chi connectivity index (χ1v) is 5.27. The van der Waals surface area contributed by atoms with Crippen molar-refractivity contribution in [1.29, 1.82) is 5.26 Å². The second kappa shape index (κ2) is 5.05. The highest BCUT2D eigenvalue weighted by Gasteiger charge is 2.37. The molecule has 0 aliphatic heterocycles. The molecular weight excluding hydrogens is 253 g/mol. The first-order valence-electron chi connectivity index (χ1n) is 4.28. The maximum Gasteiger partial charge on any atom is 0.434 e. The van der Waals surface area contributed by atoms with Gasteiger partial charge in [0.15, 0.2) is 10.9 Å². The van der Waals surface area contributed by atoms with E-state index in [9.17, 15) is 13.2 Å². The molecule has 0 atom stereocenters. The lowest BCUT2D eigenvalue weighted by Crippen LogP contribution is -2.14. The molecule has 1 heterocycles. The summed E-state index contributed by atoms with van der Waals surface area (Å²) in [4.78, 5) is 6.90. The Bertz CT molecular complexity index is 478. The van der Waals surface area contributed by atoms with Gasteiger partial charge in [-0.1, -0.05) is 17.8 Å². The lowest BCUT2D eigenvalue weighted by molar-refractivity contribution is -0.141. The van der Waals surface area contributed by atoms with E-state index in [2.05, 4.69) is 16.5 Å². The smallest absolute Gasteiger partial charge is 0.382 e. The Balaban J connectivity index is 3.30.